The first-order valence-corrected chi connectivity index (χ1v) is 4.41. The number of nitriles is 1. The molecule has 1 heterocycles. The van der Waals surface area contributed by atoms with Crippen molar-refractivity contribution >= 4 is 6.09 Å². The molecule has 0 unspecified atom stereocenters. The highest BCUT2D eigenvalue weighted by Gasteiger charge is 2.32. The average Bonchev–Trinajstić information content (AvgIpc) is 2.47. The van der Waals surface area contributed by atoms with E-state index in [4.69, 9.17) is 14.7 Å². The Hall–Kier alpha value is -1.28. The number of carbonyl (C=O) groups is 1. The van der Waals surface area contributed by atoms with Crippen molar-refractivity contribution in [3.8, 4) is 6.07 Å². The van der Waals surface area contributed by atoms with Crippen molar-refractivity contribution in [1.82, 2.24) is 4.90 Å². The Morgan fingerprint density at radius 2 is 2.29 bits per heavy atom. The van der Waals surface area contributed by atoms with Crippen LogP contribution in [0.2, 0.25) is 0 Å². The zero-order chi connectivity index (χ0) is 10.8. The van der Waals surface area contributed by atoms with E-state index in [1.807, 2.05) is 6.07 Å². The molecule has 0 aromatic carbocycles. The lowest BCUT2D eigenvalue weighted by molar-refractivity contribution is 0.0182. The lowest BCUT2D eigenvalue weighted by Gasteiger charge is -2.24. The van der Waals surface area contributed by atoms with Gasteiger partial charge in [0.25, 0.3) is 0 Å². The van der Waals surface area contributed by atoms with Gasteiger partial charge in [0, 0.05) is 0 Å². The number of hydrogen-bond donors (Lipinski definition) is 0. The van der Waals surface area contributed by atoms with E-state index in [2.05, 4.69) is 0 Å². The molecule has 1 fully saturated rings. The number of ether oxygens (including phenoxy) is 2. The molecule has 14 heavy (non-hydrogen) atoms. The predicted octanol–water partition coefficient (Wildman–Crippen LogP) is 1.10. The van der Waals surface area contributed by atoms with Crippen LogP contribution in [0, 0.1) is 11.3 Å². The lowest BCUT2D eigenvalue weighted by Crippen LogP contribution is -2.39. The maximum Gasteiger partial charge on any atom is 0.413 e. The molecule has 1 atom stereocenters. The molecule has 1 aliphatic rings. The van der Waals surface area contributed by atoms with E-state index in [1.54, 1.807) is 20.8 Å². The first-order chi connectivity index (χ1) is 6.44. The first kappa shape index (κ1) is 10.8. The molecule has 0 aromatic rings. The van der Waals surface area contributed by atoms with Gasteiger partial charge in [0.15, 0.2) is 0 Å². The predicted molar refractivity (Wildman–Crippen MR) is 48.3 cm³/mol. The molecule has 0 N–H and O–H groups in total. The monoisotopic (exact) mass is 198 g/mol. The Labute approximate surface area is 83.2 Å². The van der Waals surface area contributed by atoms with Gasteiger partial charge in [-0.25, -0.2) is 4.79 Å². The highest BCUT2D eigenvalue weighted by molar-refractivity contribution is 5.69. The molecule has 1 saturated heterocycles. The van der Waals surface area contributed by atoms with Gasteiger partial charge in [-0.05, 0) is 20.8 Å². The Bertz CT molecular complexity index is 264. The second-order valence-electron chi connectivity index (χ2n) is 4.09. The maximum absolute atomic E-state index is 11.5. The number of hydrogen-bond acceptors (Lipinski definition) is 4. The minimum Gasteiger partial charge on any atom is -0.444 e. The quantitative estimate of drug-likeness (QED) is 0.584. The minimum atomic E-state index is -0.542. The van der Waals surface area contributed by atoms with Crippen LogP contribution in [0.4, 0.5) is 4.79 Å². The Kier molecular flexibility index (Phi) is 2.96. The minimum absolute atomic E-state index is 0.132. The van der Waals surface area contributed by atoms with Crippen LogP contribution in [0.5, 0.6) is 0 Å². The van der Waals surface area contributed by atoms with Crippen molar-refractivity contribution in [2.45, 2.75) is 32.4 Å². The van der Waals surface area contributed by atoms with Crippen molar-refractivity contribution < 1.29 is 14.3 Å². The lowest BCUT2D eigenvalue weighted by atomic mass is 10.2. The van der Waals surface area contributed by atoms with Crippen LogP contribution < -0.4 is 0 Å². The number of nitrogens with zero attached hydrogens (tertiary/aromatic N) is 2. The topological polar surface area (TPSA) is 62.6 Å². The smallest absolute Gasteiger partial charge is 0.413 e. The summed E-state index contributed by atoms with van der Waals surface area (Å²) in [6.07, 6.45) is -0.499. The molecular weight excluding hydrogens is 184 g/mol. The van der Waals surface area contributed by atoms with Crippen LogP contribution >= 0.6 is 0 Å². The van der Waals surface area contributed by atoms with Gasteiger partial charge in [0.1, 0.15) is 18.4 Å². The molecule has 0 aromatic heterocycles. The zero-order valence-corrected chi connectivity index (χ0v) is 8.61. The number of carbonyl (C=O) groups excluding carboxylic acids is 1. The zero-order valence-electron chi connectivity index (χ0n) is 8.61. The van der Waals surface area contributed by atoms with E-state index >= 15 is 0 Å². The molecule has 0 bridgehead atoms. The average molecular weight is 198 g/mol. The first-order valence-electron chi connectivity index (χ1n) is 4.41. The summed E-state index contributed by atoms with van der Waals surface area (Å²) in [7, 11) is 0. The van der Waals surface area contributed by atoms with Crippen molar-refractivity contribution in [2.24, 2.45) is 0 Å². The van der Waals surface area contributed by atoms with Crippen LogP contribution in [0.15, 0.2) is 0 Å². The van der Waals surface area contributed by atoms with Crippen LogP contribution in [0.25, 0.3) is 0 Å². The molecule has 0 spiro atoms. The fraction of sp³-hybridized carbons (Fsp3) is 0.778. The molecule has 1 amide bonds. The molecule has 0 aliphatic carbocycles. The van der Waals surface area contributed by atoms with E-state index < -0.39 is 17.7 Å². The van der Waals surface area contributed by atoms with Crippen molar-refractivity contribution in [1.29, 1.82) is 5.26 Å². The molecular formula is C9H14N2O3. The standard InChI is InChI=1S/C9H14N2O3/c1-9(2,3)14-8(12)11-6-13-5-7(11)4-10/h7H,5-6H2,1-3H3/t7-/m1/s1. The SMILES string of the molecule is CC(C)(C)OC(=O)N1COC[C@H]1C#N. The van der Waals surface area contributed by atoms with Gasteiger partial charge in [-0.15, -0.1) is 0 Å². The number of amides is 1. The molecule has 0 radical (unpaired) electrons. The molecule has 5 heteroatoms. The molecule has 0 saturated carbocycles. The summed E-state index contributed by atoms with van der Waals surface area (Å²) in [5.41, 5.74) is -0.542. The normalized spacial score (nSPS) is 21.9. The van der Waals surface area contributed by atoms with Crippen molar-refractivity contribution in [2.75, 3.05) is 13.3 Å². The molecule has 1 rings (SSSR count). The number of rotatable bonds is 0. The summed E-state index contributed by atoms with van der Waals surface area (Å²) in [5.74, 6) is 0. The summed E-state index contributed by atoms with van der Waals surface area (Å²) in [6.45, 7) is 5.73. The van der Waals surface area contributed by atoms with E-state index in [0.717, 1.165) is 0 Å². The maximum atomic E-state index is 11.5. The fourth-order valence-electron chi connectivity index (χ4n) is 1.05. The van der Waals surface area contributed by atoms with Gasteiger partial charge in [-0.3, -0.25) is 4.90 Å². The van der Waals surface area contributed by atoms with E-state index in [1.165, 1.54) is 4.90 Å². The summed E-state index contributed by atoms with van der Waals surface area (Å²) >= 11 is 0. The summed E-state index contributed by atoms with van der Waals surface area (Å²) in [6, 6.07) is 1.46. The highest BCUT2D eigenvalue weighted by atomic mass is 16.6. The summed E-state index contributed by atoms with van der Waals surface area (Å²) < 4.78 is 10.1. The third-order valence-corrected chi connectivity index (χ3v) is 1.66. The third kappa shape index (κ3) is 2.60. The third-order valence-electron chi connectivity index (χ3n) is 1.66. The second-order valence-corrected chi connectivity index (χ2v) is 4.09. The van der Waals surface area contributed by atoms with E-state index in [-0.39, 0.29) is 13.3 Å². The molecule has 1 aliphatic heterocycles. The Morgan fingerprint density at radius 3 is 2.79 bits per heavy atom. The van der Waals surface area contributed by atoms with Gasteiger partial charge in [-0.2, -0.15) is 5.26 Å². The van der Waals surface area contributed by atoms with E-state index in [9.17, 15) is 4.79 Å². The molecule has 78 valence electrons. The van der Waals surface area contributed by atoms with Crippen molar-refractivity contribution in [3.05, 3.63) is 0 Å². The Balaban J connectivity index is 2.57. The van der Waals surface area contributed by atoms with Crippen LogP contribution in [-0.4, -0.2) is 36.0 Å². The second kappa shape index (κ2) is 3.84. The Morgan fingerprint density at radius 1 is 1.64 bits per heavy atom. The van der Waals surface area contributed by atoms with Crippen LogP contribution in [0.3, 0.4) is 0 Å². The van der Waals surface area contributed by atoms with Gasteiger partial charge in [0.05, 0.1) is 12.7 Å². The summed E-state index contributed by atoms with van der Waals surface area (Å²) in [5, 5.41) is 8.70. The van der Waals surface area contributed by atoms with Gasteiger partial charge in [0.2, 0.25) is 0 Å². The van der Waals surface area contributed by atoms with Crippen molar-refractivity contribution in [3.63, 3.8) is 0 Å². The van der Waals surface area contributed by atoms with Gasteiger partial charge in [-0.1, -0.05) is 0 Å². The van der Waals surface area contributed by atoms with E-state index in [0.29, 0.717) is 0 Å². The van der Waals surface area contributed by atoms with Crippen LogP contribution in [-0.2, 0) is 9.47 Å². The summed E-state index contributed by atoms with van der Waals surface area (Å²) in [4.78, 5) is 12.8. The fourth-order valence-corrected chi connectivity index (χ4v) is 1.05. The largest absolute Gasteiger partial charge is 0.444 e. The van der Waals surface area contributed by atoms with Crippen LogP contribution in [0.1, 0.15) is 20.8 Å². The highest BCUT2D eigenvalue weighted by Crippen LogP contribution is 2.15. The van der Waals surface area contributed by atoms with Gasteiger partial charge >= 0.3 is 6.09 Å². The van der Waals surface area contributed by atoms with Gasteiger partial charge < -0.3 is 9.47 Å². The molecule has 5 nitrogen and oxygen atoms in total.